The van der Waals surface area contributed by atoms with Crippen molar-refractivity contribution in [1.29, 1.82) is 5.26 Å². The lowest BCUT2D eigenvalue weighted by atomic mass is 10.1. The number of hydrogen-bond acceptors (Lipinski definition) is 4. The first-order valence-electron chi connectivity index (χ1n) is 4.07. The highest BCUT2D eigenvalue weighted by Crippen LogP contribution is 2.28. The smallest absolute Gasteiger partial charge is 0.264 e. The zero-order valence-electron chi connectivity index (χ0n) is 8.02. The molecule has 0 radical (unpaired) electrons. The monoisotopic (exact) mass is 279 g/mol. The van der Waals surface area contributed by atoms with Gasteiger partial charge in [0, 0.05) is 21.8 Å². The molecule has 0 N–H and O–H groups in total. The van der Waals surface area contributed by atoms with Crippen LogP contribution in [0, 0.1) is 11.3 Å². The molecule has 0 saturated carbocycles. The van der Waals surface area contributed by atoms with Crippen LogP contribution in [0.3, 0.4) is 0 Å². The summed E-state index contributed by atoms with van der Waals surface area (Å²) in [6, 6.07) is 2.74. The second kappa shape index (κ2) is 4.77. The van der Waals surface area contributed by atoms with Crippen LogP contribution in [0.4, 0.5) is 8.78 Å². The molecule has 1 aromatic rings. The zero-order chi connectivity index (χ0) is 13.2. The van der Waals surface area contributed by atoms with Gasteiger partial charge in [-0.1, -0.05) is 0 Å². The van der Waals surface area contributed by atoms with Crippen molar-refractivity contribution in [2.24, 2.45) is 0 Å². The van der Waals surface area contributed by atoms with Gasteiger partial charge in [0.15, 0.2) is 6.29 Å². The van der Waals surface area contributed by atoms with E-state index >= 15 is 0 Å². The third-order valence-corrected chi connectivity index (χ3v) is 3.29. The van der Waals surface area contributed by atoms with Crippen LogP contribution in [0.25, 0.3) is 0 Å². The maximum absolute atomic E-state index is 12.5. The molecule has 0 fully saturated rings. The van der Waals surface area contributed by atoms with E-state index in [2.05, 4.69) is 0 Å². The van der Waals surface area contributed by atoms with E-state index in [-0.39, 0.29) is 6.29 Å². The van der Waals surface area contributed by atoms with E-state index in [0.717, 1.165) is 0 Å². The van der Waals surface area contributed by atoms with Gasteiger partial charge in [0.2, 0.25) is 0 Å². The normalized spacial score (nSPS) is 11.2. The number of nitrogens with zero attached hydrogens (tertiary/aromatic N) is 1. The largest absolute Gasteiger partial charge is 0.298 e. The van der Waals surface area contributed by atoms with E-state index in [4.69, 9.17) is 15.9 Å². The van der Waals surface area contributed by atoms with Crippen molar-refractivity contribution in [3.8, 4) is 6.07 Å². The average Bonchev–Trinajstić information content (AvgIpc) is 2.25. The molecule has 0 heterocycles. The molecule has 1 aromatic carbocycles. The maximum Gasteiger partial charge on any atom is 0.264 e. The number of halogens is 3. The van der Waals surface area contributed by atoms with Crippen LogP contribution in [0.5, 0.6) is 0 Å². The van der Waals surface area contributed by atoms with Crippen molar-refractivity contribution in [1.82, 2.24) is 0 Å². The first kappa shape index (κ1) is 13.5. The number of benzene rings is 1. The van der Waals surface area contributed by atoms with Crippen molar-refractivity contribution in [2.45, 2.75) is 11.3 Å². The quantitative estimate of drug-likeness (QED) is 0.628. The summed E-state index contributed by atoms with van der Waals surface area (Å²) in [4.78, 5) is 9.90. The molecule has 17 heavy (non-hydrogen) atoms. The van der Waals surface area contributed by atoms with Gasteiger partial charge in [0.25, 0.3) is 15.5 Å². The molecule has 0 bridgehead atoms. The highest BCUT2D eigenvalue weighted by molar-refractivity contribution is 8.13. The van der Waals surface area contributed by atoms with E-state index in [1.807, 2.05) is 0 Å². The molecular formula is C9H4ClF2NO3S. The first-order valence-corrected chi connectivity index (χ1v) is 6.38. The van der Waals surface area contributed by atoms with E-state index in [9.17, 15) is 22.0 Å². The molecule has 0 aliphatic carbocycles. The van der Waals surface area contributed by atoms with Crippen LogP contribution < -0.4 is 0 Å². The zero-order valence-corrected chi connectivity index (χ0v) is 9.60. The van der Waals surface area contributed by atoms with Gasteiger partial charge in [-0.05, 0) is 12.1 Å². The van der Waals surface area contributed by atoms with Gasteiger partial charge >= 0.3 is 0 Å². The van der Waals surface area contributed by atoms with E-state index in [1.54, 1.807) is 0 Å². The Labute approximate surface area is 99.8 Å². The topological polar surface area (TPSA) is 75.0 Å². The number of hydrogen-bond donors (Lipinski definition) is 0. The molecule has 0 aliphatic rings. The Morgan fingerprint density at radius 2 is 2.00 bits per heavy atom. The summed E-state index contributed by atoms with van der Waals surface area (Å²) in [6.45, 7) is 0. The van der Waals surface area contributed by atoms with Crippen molar-refractivity contribution in [3.05, 3.63) is 28.8 Å². The fraction of sp³-hybridized carbons (Fsp3) is 0.111. The van der Waals surface area contributed by atoms with Crippen LogP contribution in [-0.2, 0) is 9.05 Å². The summed E-state index contributed by atoms with van der Waals surface area (Å²) in [5, 5.41) is 8.65. The highest BCUT2D eigenvalue weighted by Gasteiger charge is 2.22. The third-order valence-electron chi connectivity index (χ3n) is 1.93. The van der Waals surface area contributed by atoms with Crippen molar-refractivity contribution in [3.63, 3.8) is 0 Å². The van der Waals surface area contributed by atoms with Crippen LogP contribution in [0.2, 0.25) is 0 Å². The van der Waals surface area contributed by atoms with E-state index < -0.39 is 37.1 Å². The fourth-order valence-electron chi connectivity index (χ4n) is 1.19. The Kier molecular flexibility index (Phi) is 3.80. The first-order chi connectivity index (χ1) is 7.81. The number of aldehydes is 1. The number of nitriles is 1. The Hall–Kier alpha value is -1.52. The van der Waals surface area contributed by atoms with Gasteiger partial charge in [-0.25, -0.2) is 17.2 Å². The molecule has 0 atom stereocenters. The standard InChI is InChI=1S/C9H4ClF2NO3S/c10-17(15,16)8-2-6(4-14)7(9(11)12)1-5(8)3-13/h1-2,4,9H. The number of carbonyl (C=O) groups excluding carboxylic acids is 1. The molecule has 8 heteroatoms. The van der Waals surface area contributed by atoms with Gasteiger partial charge in [0.05, 0.1) is 5.56 Å². The van der Waals surface area contributed by atoms with Crippen molar-refractivity contribution >= 4 is 26.0 Å². The molecule has 0 aromatic heterocycles. The predicted octanol–water partition coefficient (Wildman–Crippen LogP) is 2.24. The summed E-state index contributed by atoms with van der Waals surface area (Å²) in [5.41, 5.74) is -1.75. The Balaban J connectivity index is 3.68. The molecule has 0 amide bonds. The predicted molar refractivity (Wildman–Crippen MR) is 54.5 cm³/mol. The maximum atomic E-state index is 12.5. The molecule has 0 saturated heterocycles. The number of carbonyl (C=O) groups is 1. The summed E-state index contributed by atoms with van der Waals surface area (Å²) >= 11 is 0. The van der Waals surface area contributed by atoms with Crippen molar-refractivity contribution in [2.75, 3.05) is 0 Å². The second-order valence-corrected chi connectivity index (χ2v) is 5.48. The van der Waals surface area contributed by atoms with Gasteiger partial charge < -0.3 is 0 Å². The van der Waals surface area contributed by atoms with Crippen LogP contribution in [-0.4, -0.2) is 14.7 Å². The SMILES string of the molecule is N#Cc1cc(C(F)F)c(C=O)cc1S(=O)(=O)Cl. The Morgan fingerprint density at radius 1 is 1.41 bits per heavy atom. The highest BCUT2D eigenvalue weighted by atomic mass is 35.7. The molecule has 0 spiro atoms. The Morgan fingerprint density at radius 3 is 2.35 bits per heavy atom. The van der Waals surface area contributed by atoms with E-state index in [1.165, 1.54) is 6.07 Å². The third kappa shape index (κ3) is 2.78. The molecule has 0 unspecified atom stereocenters. The number of rotatable bonds is 3. The molecule has 90 valence electrons. The van der Waals surface area contributed by atoms with Crippen LogP contribution in [0.1, 0.15) is 27.9 Å². The summed E-state index contributed by atoms with van der Waals surface area (Å²) in [5.74, 6) is 0. The van der Waals surface area contributed by atoms with Gasteiger partial charge in [0.1, 0.15) is 11.0 Å². The van der Waals surface area contributed by atoms with Gasteiger partial charge in [-0.3, -0.25) is 4.79 Å². The van der Waals surface area contributed by atoms with Crippen LogP contribution in [0.15, 0.2) is 17.0 Å². The minimum Gasteiger partial charge on any atom is -0.298 e. The minimum atomic E-state index is -4.27. The molecular weight excluding hydrogens is 276 g/mol. The Bertz CT molecular complexity index is 607. The molecule has 1 rings (SSSR count). The van der Waals surface area contributed by atoms with E-state index in [0.29, 0.717) is 12.1 Å². The lowest BCUT2D eigenvalue weighted by molar-refractivity contribution is 0.110. The lowest BCUT2D eigenvalue weighted by Gasteiger charge is -2.07. The van der Waals surface area contributed by atoms with Crippen LogP contribution >= 0.6 is 10.7 Å². The summed E-state index contributed by atoms with van der Waals surface area (Å²) < 4.78 is 47.2. The molecule has 0 aliphatic heterocycles. The summed E-state index contributed by atoms with van der Waals surface area (Å²) in [7, 11) is 0.746. The lowest BCUT2D eigenvalue weighted by Crippen LogP contribution is -2.02. The number of alkyl halides is 2. The fourth-order valence-corrected chi connectivity index (χ4v) is 2.21. The second-order valence-electron chi connectivity index (χ2n) is 2.95. The van der Waals surface area contributed by atoms with Crippen molar-refractivity contribution < 1.29 is 22.0 Å². The van der Waals surface area contributed by atoms with Gasteiger partial charge in [-0.15, -0.1) is 0 Å². The summed E-state index contributed by atoms with van der Waals surface area (Å²) in [6.07, 6.45) is -2.91. The molecule has 4 nitrogen and oxygen atoms in total. The minimum absolute atomic E-state index is 0.0776. The van der Waals surface area contributed by atoms with Gasteiger partial charge in [-0.2, -0.15) is 5.26 Å². The average molecular weight is 280 g/mol.